The summed E-state index contributed by atoms with van der Waals surface area (Å²) < 4.78 is 29.1. The van der Waals surface area contributed by atoms with Crippen molar-refractivity contribution in [2.45, 2.75) is 12.8 Å². The van der Waals surface area contributed by atoms with Gasteiger partial charge < -0.3 is 10.6 Å². The summed E-state index contributed by atoms with van der Waals surface area (Å²) >= 11 is 0. The Morgan fingerprint density at radius 2 is 1.84 bits per heavy atom. The third-order valence-electron chi connectivity index (χ3n) is 5.85. The SMILES string of the molecule is N=Cn1c(=N)nc(N2CCCc3c(-c4ccc(F)cc4)cccc32)c2cc(F)c(N)cc21. The molecule has 0 bridgehead atoms. The van der Waals surface area contributed by atoms with E-state index in [1.165, 1.54) is 28.8 Å². The maximum Gasteiger partial charge on any atom is 0.229 e. The number of aromatic nitrogens is 2. The maximum atomic E-state index is 14.4. The molecule has 0 aliphatic carbocycles. The van der Waals surface area contributed by atoms with Crippen LogP contribution >= 0.6 is 0 Å². The molecule has 1 aromatic heterocycles. The van der Waals surface area contributed by atoms with Gasteiger partial charge in [0.1, 0.15) is 17.5 Å². The third kappa shape index (κ3) is 3.11. The van der Waals surface area contributed by atoms with Crippen LogP contribution in [0, 0.1) is 22.5 Å². The van der Waals surface area contributed by atoms with E-state index in [1.54, 1.807) is 12.1 Å². The summed E-state index contributed by atoms with van der Waals surface area (Å²) in [5, 5.41) is 16.5. The summed E-state index contributed by atoms with van der Waals surface area (Å²) in [6.45, 7) is 0.641. The molecular weight excluding hydrogens is 410 g/mol. The first-order valence-electron chi connectivity index (χ1n) is 10.2. The maximum absolute atomic E-state index is 14.4. The van der Waals surface area contributed by atoms with Crippen molar-refractivity contribution in [2.24, 2.45) is 0 Å². The van der Waals surface area contributed by atoms with Gasteiger partial charge >= 0.3 is 0 Å². The second-order valence-corrected chi connectivity index (χ2v) is 7.71. The van der Waals surface area contributed by atoms with Gasteiger partial charge in [-0.15, -0.1) is 0 Å². The van der Waals surface area contributed by atoms with Gasteiger partial charge in [-0.1, -0.05) is 24.3 Å². The summed E-state index contributed by atoms with van der Waals surface area (Å²) in [6.07, 6.45) is 2.63. The Balaban J connectivity index is 1.75. The summed E-state index contributed by atoms with van der Waals surface area (Å²) in [4.78, 5) is 6.41. The van der Waals surface area contributed by atoms with Crippen molar-refractivity contribution in [1.82, 2.24) is 9.55 Å². The molecule has 1 aliphatic rings. The highest BCUT2D eigenvalue weighted by atomic mass is 19.1. The molecule has 4 aromatic rings. The molecule has 32 heavy (non-hydrogen) atoms. The molecule has 2 heterocycles. The molecule has 6 nitrogen and oxygen atoms in total. The van der Waals surface area contributed by atoms with Crippen molar-refractivity contribution in [3.63, 3.8) is 0 Å². The lowest BCUT2D eigenvalue weighted by molar-refractivity contribution is 0.628. The smallest absolute Gasteiger partial charge is 0.229 e. The summed E-state index contributed by atoms with van der Waals surface area (Å²) in [5.74, 6) is -0.421. The van der Waals surface area contributed by atoms with Crippen LogP contribution in [0.3, 0.4) is 0 Å². The number of nitrogens with one attached hydrogen (secondary N) is 2. The minimum atomic E-state index is -0.577. The van der Waals surface area contributed by atoms with Gasteiger partial charge in [0.15, 0.2) is 0 Å². The number of nitrogens with zero attached hydrogens (tertiary/aromatic N) is 3. The Bertz CT molecular complexity index is 1430. The molecule has 0 atom stereocenters. The van der Waals surface area contributed by atoms with Crippen molar-refractivity contribution in [2.75, 3.05) is 17.2 Å². The van der Waals surface area contributed by atoms with Gasteiger partial charge in [0.2, 0.25) is 5.62 Å². The number of halogens is 2. The molecule has 1 aliphatic heterocycles. The lowest BCUT2D eigenvalue weighted by Gasteiger charge is -2.32. The second-order valence-electron chi connectivity index (χ2n) is 7.71. The standard InChI is InChI=1S/C24H20F2N6/c25-15-8-6-14(7-9-15)16-3-1-5-21-17(16)4-2-10-31(21)23-18-11-19(26)20(28)12-22(18)32(13-27)24(29)30-23/h1,3,5-9,11-13,27,29H,2,4,10,28H2. The topological polar surface area (TPSA) is 94.8 Å². The molecule has 0 saturated carbocycles. The first-order valence-corrected chi connectivity index (χ1v) is 10.2. The molecule has 0 fully saturated rings. The predicted octanol–water partition coefficient (Wildman–Crippen LogP) is 4.58. The first kappa shape index (κ1) is 19.9. The van der Waals surface area contributed by atoms with E-state index in [9.17, 15) is 8.78 Å². The van der Waals surface area contributed by atoms with Crippen molar-refractivity contribution in [3.05, 3.63) is 77.4 Å². The molecule has 160 valence electrons. The minimum absolute atomic E-state index is 0.0534. The van der Waals surface area contributed by atoms with Gasteiger partial charge in [0, 0.05) is 17.6 Å². The van der Waals surface area contributed by atoms with E-state index < -0.39 is 5.82 Å². The summed E-state index contributed by atoms with van der Waals surface area (Å²) in [7, 11) is 0. The van der Waals surface area contributed by atoms with E-state index in [4.69, 9.17) is 16.6 Å². The van der Waals surface area contributed by atoms with Crippen molar-refractivity contribution < 1.29 is 8.78 Å². The van der Waals surface area contributed by atoms with Crippen LogP contribution in [0.2, 0.25) is 0 Å². The number of nitrogen functional groups attached to an aromatic ring is 1. The Labute approximate surface area is 182 Å². The zero-order valence-corrected chi connectivity index (χ0v) is 17.1. The Morgan fingerprint density at radius 1 is 1.06 bits per heavy atom. The average molecular weight is 430 g/mol. The number of anilines is 3. The van der Waals surface area contributed by atoms with Gasteiger partial charge in [0.25, 0.3) is 0 Å². The summed E-state index contributed by atoms with van der Waals surface area (Å²) in [5.41, 5.74) is 9.94. The number of hydrogen-bond acceptors (Lipinski definition) is 5. The van der Waals surface area contributed by atoms with Crippen LogP contribution in [0.25, 0.3) is 22.0 Å². The van der Waals surface area contributed by atoms with Gasteiger partial charge in [-0.05, 0) is 59.9 Å². The Kier molecular flexibility index (Phi) is 4.70. The lowest BCUT2D eigenvalue weighted by atomic mass is 9.92. The molecule has 0 unspecified atom stereocenters. The van der Waals surface area contributed by atoms with E-state index in [0.29, 0.717) is 23.3 Å². The van der Waals surface area contributed by atoms with E-state index in [0.717, 1.165) is 41.6 Å². The molecular formula is C24H20F2N6. The highest BCUT2D eigenvalue weighted by Gasteiger charge is 2.25. The van der Waals surface area contributed by atoms with E-state index >= 15 is 0 Å². The number of benzene rings is 3. The first-order chi connectivity index (χ1) is 15.5. The lowest BCUT2D eigenvalue weighted by Crippen LogP contribution is -2.31. The van der Waals surface area contributed by atoms with Crippen LogP contribution < -0.4 is 16.3 Å². The normalized spacial score (nSPS) is 13.2. The molecule has 8 heteroatoms. The quantitative estimate of drug-likeness (QED) is 0.252. The molecule has 0 spiro atoms. The molecule has 0 radical (unpaired) electrons. The van der Waals surface area contributed by atoms with Crippen LogP contribution in [0.15, 0.2) is 54.6 Å². The van der Waals surface area contributed by atoms with Crippen LogP contribution in [0.4, 0.5) is 26.0 Å². The van der Waals surface area contributed by atoms with Gasteiger partial charge in [-0.2, -0.15) is 4.98 Å². The van der Waals surface area contributed by atoms with Crippen molar-refractivity contribution >= 4 is 34.4 Å². The molecule has 0 saturated heterocycles. The summed E-state index contributed by atoms with van der Waals surface area (Å²) in [6, 6.07) is 15.0. The monoisotopic (exact) mass is 430 g/mol. The van der Waals surface area contributed by atoms with E-state index in [1.807, 2.05) is 23.1 Å². The van der Waals surface area contributed by atoms with Crippen LogP contribution in [0.5, 0.6) is 0 Å². The van der Waals surface area contributed by atoms with Crippen LogP contribution in [0.1, 0.15) is 12.0 Å². The Hall–Kier alpha value is -4.07. The average Bonchev–Trinajstić information content (AvgIpc) is 2.80. The molecule has 3 aromatic carbocycles. The number of nitrogens with two attached hydrogens (primary N) is 1. The van der Waals surface area contributed by atoms with E-state index in [2.05, 4.69) is 4.98 Å². The van der Waals surface area contributed by atoms with E-state index in [-0.39, 0.29) is 17.1 Å². The minimum Gasteiger partial charge on any atom is -0.396 e. The highest BCUT2D eigenvalue weighted by Crippen LogP contribution is 2.40. The zero-order chi connectivity index (χ0) is 22.4. The Morgan fingerprint density at radius 3 is 2.59 bits per heavy atom. The molecule has 4 N–H and O–H groups in total. The molecule has 0 amide bonds. The molecule has 5 rings (SSSR count). The number of fused-ring (bicyclic) bond motifs is 2. The van der Waals surface area contributed by atoms with Gasteiger partial charge in [-0.25, -0.2) is 8.78 Å². The largest absolute Gasteiger partial charge is 0.396 e. The predicted molar refractivity (Wildman–Crippen MR) is 121 cm³/mol. The zero-order valence-electron chi connectivity index (χ0n) is 17.1. The van der Waals surface area contributed by atoms with Gasteiger partial charge in [0.05, 0.1) is 17.5 Å². The fourth-order valence-electron chi connectivity index (χ4n) is 4.37. The number of rotatable bonds is 3. The van der Waals surface area contributed by atoms with Gasteiger partial charge in [-0.3, -0.25) is 15.4 Å². The van der Waals surface area contributed by atoms with Crippen LogP contribution in [-0.4, -0.2) is 22.4 Å². The third-order valence-corrected chi connectivity index (χ3v) is 5.85. The second kappa shape index (κ2) is 7.56. The number of hydrogen-bond donors (Lipinski definition) is 3. The van der Waals surface area contributed by atoms with Crippen molar-refractivity contribution in [1.29, 1.82) is 10.8 Å². The fraction of sp³-hybridized carbons (Fsp3) is 0.125. The van der Waals surface area contributed by atoms with Crippen molar-refractivity contribution in [3.8, 4) is 11.1 Å². The fourth-order valence-corrected chi connectivity index (χ4v) is 4.37. The van der Waals surface area contributed by atoms with Crippen LogP contribution in [-0.2, 0) is 6.42 Å². The highest BCUT2D eigenvalue weighted by molar-refractivity contribution is 5.96.